The number of ether oxygens (including phenoxy) is 1. The normalized spacial score (nSPS) is 10.2. The van der Waals surface area contributed by atoms with Crippen LogP contribution in [0.1, 0.15) is 22.8 Å². The third-order valence-electron chi connectivity index (χ3n) is 2.72. The summed E-state index contributed by atoms with van der Waals surface area (Å²) in [6, 6.07) is 8.96. The molecule has 0 radical (unpaired) electrons. The Hall–Kier alpha value is -1.87. The van der Waals surface area contributed by atoms with Gasteiger partial charge in [-0.2, -0.15) is 0 Å². The summed E-state index contributed by atoms with van der Waals surface area (Å²) in [6.45, 7) is 2.01. The molecule has 2 aromatic rings. The first-order valence-corrected chi connectivity index (χ1v) is 6.37. The molecule has 98 valence electrons. The Labute approximate surface area is 117 Å². The highest BCUT2D eigenvalue weighted by Gasteiger charge is 2.09. The predicted octanol–water partition coefficient (Wildman–Crippen LogP) is 3.56. The molecule has 0 N–H and O–H groups in total. The average Bonchev–Trinajstić information content (AvgIpc) is 2.41. The zero-order valence-corrected chi connectivity index (χ0v) is 11.4. The Kier molecular flexibility index (Phi) is 4.53. The molecule has 0 fully saturated rings. The van der Waals surface area contributed by atoms with Gasteiger partial charge in [0.15, 0.2) is 5.78 Å². The van der Waals surface area contributed by atoms with Gasteiger partial charge >= 0.3 is 0 Å². The molecule has 0 aliphatic heterocycles. The van der Waals surface area contributed by atoms with E-state index in [1.165, 1.54) is 6.92 Å². The molecular weight excluding hydrogens is 262 g/mol. The lowest BCUT2D eigenvalue weighted by Crippen LogP contribution is -2.05. The van der Waals surface area contributed by atoms with Crippen molar-refractivity contribution in [3.8, 4) is 5.75 Å². The van der Waals surface area contributed by atoms with Crippen LogP contribution in [0.3, 0.4) is 0 Å². The fraction of sp³-hybridized carbons (Fsp3) is 0.200. The lowest BCUT2D eigenvalue weighted by molar-refractivity contribution is 0.101. The Balaban J connectivity index is 2.02. The van der Waals surface area contributed by atoms with Gasteiger partial charge in [-0.3, -0.25) is 9.78 Å². The molecule has 0 aliphatic rings. The SMILES string of the molecule is CC(=O)c1cc(Cl)ccc1OCCc1ccncc1. The number of nitrogens with zero attached hydrogens (tertiary/aromatic N) is 1. The molecule has 0 saturated heterocycles. The van der Waals surface area contributed by atoms with E-state index in [4.69, 9.17) is 16.3 Å². The second-order valence-corrected chi connectivity index (χ2v) is 4.59. The summed E-state index contributed by atoms with van der Waals surface area (Å²) in [5.74, 6) is 0.521. The van der Waals surface area contributed by atoms with E-state index in [1.807, 2.05) is 12.1 Å². The lowest BCUT2D eigenvalue weighted by atomic mass is 10.1. The number of ketones is 1. The summed E-state index contributed by atoms with van der Waals surface area (Å²) in [4.78, 5) is 15.5. The zero-order chi connectivity index (χ0) is 13.7. The molecule has 19 heavy (non-hydrogen) atoms. The minimum atomic E-state index is -0.0542. The van der Waals surface area contributed by atoms with Crippen LogP contribution in [0, 0.1) is 0 Å². The number of hydrogen-bond acceptors (Lipinski definition) is 3. The van der Waals surface area contributed by atoms with E-state index in [1.54, 1.807) is 30.6 Å². The first-order chi connectivity index (χ1) is 9.16. The van der Waals surface area contributed by atoms with E-state index < -0.39 is 0 Å². The van der Waals surface area contributed by atoms with Crippen LogP contribution in [0.2, 0.25) is 5.02 Å². The smallest absolute Gasteiger partial charge is 0.163 e. The summed E-state index contributed by atoms with van der Waals surface area (Å²) >= 11 is 5.88. The highest BCUT2D eigenvalue weighted by Crippen LogP contribution is 2.23. The van der Waals surface area contributed by atoms with Gasteiger partial charge in [0.1, 0.15) is 5.75 Å². The summed E-state index contributed by atoms with van der Waals surface area (Å²) in [7, 11) is 0. The monoisotopic (exact) mass is 275 g/mol. The first-order valence-electron chi connectivity index (χ1n) is 5.99. The van der Waals surface area contributed by atoms with Crippen molar-refractivity contribution in [1.82, 2.24) is 4.98 Å². The Bertz CT molecular complexity index is 570. The van der Waals surface area contributed by atoms with Crippen LogP contribution in [0.4, 0.5) is 0 Å². The third kappa shape index (κ3) is 3.80. The molecule has 3 nitrogen and oxygen atoms in total. The number of carbonyl (C=O) groups excluding carboxylic acids is 1. The number of carbonyl (C=O) groups is 1. The van der Waals surface area contributed by atoms with Crippen molar-refractivity contribution in [2.75, 3.05) is 6.61 Å². The highest BCUT2D eigenvalue weighted by atomic mass is 35.5. The van der Waals surface area contributed by atoms with Crippen molar-refractivity contribution in [2.45, 2.75) is 13.3 Å². The van der Waals surface area contributed by atoms with Crippen LogP contribution < -0.4 is 4.74 Å². The molecule has 2 rings (SSSR count). The Morgan fingerprint density at radius 3 is 2.68 bits per heavy atom. The number of benzene rings is 1. The van der Waals surface area contributed by atoms with Crippen LogP contribution in [0.15, 0.2) is 42.7 Å². The molecule has 0 bridgehead atoms. The van der Waals surface area contributed by atoms with Gasteiger partial charge in [-0.1, -0.05) is 11.6 Å². The zero-order valence-electron chi connectivity index (χ0n) is 10.6. The largest absolute Gasteiger partial charge is 0.492 e. The molecular formula is C15H14ClNO2. The molecule has 1 aromatic carbocycles. The number of Topliss-reactive ketones (excluding diaryl/α,β-unsaturated/α-hetero) is 1. The molecule has 1 heterocycles. The van der Waals surface area contributed by atoms with Gasteiger partial charge in [0.2, 0.25) is 0 Å². The topological polar surface area (TPSA) is 39.2 Å². The van der Waals surface area contributed by atoms with Gasteiger partial charge in [-0.05, 0) is 42.8 Å². The third-order valence-corrected chi connectivity index (χ3v) is 2.95. The lowest BCUT2D eigenvalue weighted by Gasteiger charge is -2.10. The van der Waals surface area contributed by atoms with Gasteiger partial charge in [-0.25, -0.2) is 0 Å². The van der Waals surface area contributed by atoms with Crippen molar-refractivity contribution < 1.29 is 9.53 Å². The van der Waals surface area contributed by atoms with E-state index in [-0.39, 0.29) is 5.78 Å². The van der Waals surface area contributed by atoms with Gasteiger partial charge < -0.3 is 4.74 Å². The van der Waals surface area contributed by atoms with Crippen molar-refractivity contribution in [3.05, 3.63) is 58.9 Å². The van der Waals surface area contributed by atoms with Gasteiger partial charge in [0.05, 0.1) is 12.2 Å². The second-order valence-electron chi connectivity index (χ2n) is 4.15. The van der Waals surface area contributed by atoms with Crippen molar-refractivity contribution in [2.24, 2.45) is 0 Å². The number of pyridine rings is 1. The summed E-state index contributed by atoms with van der Waals surface area (Å²) in [5, 5.41) is 0.534. The van der Waals surface area contributed by atoms with E-state index in [2.05, 4.69) is 4.98 Å². The van der Waals surface area contributed by atoms with Crippen LogP contribution in [-0.2, 0) is 6.42 Å². The molecule has 0 unspecified atom stereocenters. The average molecular weight is 276 g/mol. The van der Waals surface area contributed by atoms with Crippen molar-refractivity contribution in [3.63, 3.8) is 0 Å². The summed E-state index contributed by atoms with van der Waals surface area (Å²) < 4.78 is 5.66. The van der Waals surface area contributed by atoms with Crippen LogP contribution in [0.5, 0.6) is 5.75 Å². The maximum atomic E-state index is 11.5. The van der Waals surface area contributed by atoms with E-state index in [0.717, 1.165) is 12.0 Å². The summed E-state index contributed by atoms with van der Waals surface area (Å²) in [6.07, 6.45) is 4.26. The number of halogens is 1. The minimum Gasteiger partial charge on any atom is -0.492 e. The Morgan fingerprint density at radius 1 is 1.26 bits per heavy atom. The fourth-order valence-electron chi connectivity index (χ4n) is 1.73. The first kappa shape index (κ1) is 13.6. The van der Waals surface area contributed by atoms with Crippen LogP contribution in [0.25, 0.3) is 0 Å². The highest BCUT2D eigenvalue weighted by molar-refractivity contribution is 6.31. The molecule has 1 aromatic heterocycles. The standard InChI is InChI=1S/C15H14ClNO2/c1-11(18)14-10-13(16)2-3-15(14)19-9-6-12-4-7-17-8-5-12/h2-5,7-8,10H,6,9H2,1H3. The predicted molar refractivity (Wildman–Crippen MR) is 74.9 cm³/mol. The van der Waals surface area contributed by atoms with Gasteiger partial charge in [0, 0.05) is 23.8 Å². The van der Waals surface area contributed by atoms with Gasteiger partial charge in [-0.15, -0.1) is 0 Å². The minimum absolute atomic E-state index is 0.0542. The maximum absolute atomic E-state index is 11.5. The van der Waals surface area contributed by atoms with E-state index in [0.29, 0.717) is 22.9 Å². The van der Waals surface area contributed by atoms with Crippen molar-refractivity contribution >= 4 is 17.4 Å². The Morgan fingerprint density at radius 2 is 2.00 bits per heavy atom. The van der Waals surface area contributed by atoms with Crippen molar-refractivity contribution in [1.29, 1.82) is 0 Å². The quantitative estimate of drug-likeness (QED) is 0.783. The fourth-order valence-corrected chi connectivity index (χ4v) is 1.90. The number of rotatable bonds is 5. The molecule has 0 saturated carbocycles. The van der Waals surface area contributed by atoms with E-state index >= 15 is 0 Å². The molecule has 0 aliphatic carbocycles. The molecule has 4 heteroatoms. The van der Waals surface area contributed by atoms with Crippen LogP contribution >= 0.6 is 11.6 Å². The molecule has 0 amide bonds. The number of aromatic nitrogens is 1. The maximum Gasteiger partial charge on any atom is 0.163 e. The number of hydrogen-bond donors (Lipinski definition) is 0. The van der Waals surface area contributed by atoms with Gasteiger partial charge in [0.25, 0.3) is 0 Å². The second kappa shape index (κ2) is 6.34. The summed E-state index contributed by atoms with van der Waals surface area (Å²) in [5.41, 5.74) is 1.66. The molecule has 0 atom stereocenters. The van der Waals surface area contributed by atoms with E-state index in [9.17, 15) is 4.79 Å². The molecule has 0 spiro atoms. The van der Waals surface area contributed by atoms with Crippen LogP contribution in [-0.4, -0.2) is 17.4 Å².